The zero-order chi connectivity index (χ0) is 15.6. The van der Waals surface area contributed by atoms with Gasteiger partial charge in [0, 0.05) is 26.2 Å². The molecule has 1 fully saturated rings. The minimum Gasteiger partial charge on any atom is -0.396 e. The van der Waals surface area contributed by atoms with Crippen molar-refractivity contribution in [2.75, 3.05) is 26.2 Å². The molecule has 1 aliphatic rings. The summed E-state index contributed by atoms with van der Waals surface area (Å²) in [6.45, 7) is 9.44. The lowest BCUT2D eigenvalue weighted by molar-refractivity contribution is 0.175. The molecule has 3 N–H and O–H groups in total. The van der Waals surface area contributed by atoms with E-state index in [0.29, 0.717) is 0 Å². The van der Waals surface area contributed by atoms with Crippen molar-refractivity contribution in [3.05, 3.63) is 0 Å². The van der Waals surface area contributed by atoms with E-state index < -0.39 is 0 Å². The number of nitrogens with zero attached hydrogens (tertiary/aromatic N) is 1. The van der Waals surface area contributed by atoms with Gasteiger partial charge in [0.05, 0.1) is 0 Å². The van der Waals surface area contributed by atoms with E-state index in [4.69, 9.17) is 4.99 Å². The highest BCUT2D eigenvalue weighted by Gasteiger charge is 2.25. The molecule has 132 valence electrons. The van der Waals surface area contributed by atoms with Gasteiger partial charge < -0.3 is 15.7 Å². The summed E-state index contributed by atoms with van der Waals surface area (Å²) in [6.07, 6.45) is 8.42. The van der Waals surface area contributed by atoms with E-state index in [2.05, 4.69) is 31.4 Å². The van der Waals surface area contributed by atoms with Crippen molar-refractivity contribution < 1.29 is 5.11 Å². The minimum absolute atomic E-state index is 0. The van der Waals surface area contributed by atoms with Crippen LogP contribution in [0.4, 0.5) is 0 Å². The van der Waals surface area contributed by atoms with E-state index in [1.54, 1.807) is 0 Å². The smallest absolute Gasteiger partial charge is 0.191 e. The molecule has 0 spiro atoms. The number of aliphatic imine (C=N–C) groups is 1. The van der Waals surface area contributed by atoms with E-state index in [1.807, 2.05) is 0 Å². The third-order valence-corrected chi connectivity index (χ3v) is 4.84. The second-order valence-electron chi connectivity index (χ2n) is 6.39. The molecule has 0 unspecified atom stereocenters. The van der Waals surface area contributed by atoms with Gasteiger partial charge in [-0.15, -0.1) is 24.0 Å². The molecule has 0 radical (unpaired) electrons. The first-order valence-corrected chi connectivity index (χ1v) is 8.82. The molecule has 1 saturated carbocycles. The van der Waals surface area contributed by atoms with Gasteiger partial charge in [-0.2, -0.15) is 0 Å². The lowest BCUT2D eigenvalue weighted by Crippen LogP contribution is -2.39. The molecule has 5 heteroatoms. The number of hydrogen-bond donors (Lipinski definition) is 3. The van der Waals surface area contributed by atoms with Crippen LogP contribution >= 0.6 is 24.0 Å². The van der Waals surface area contributed by atoms with Gasteiger partial charge in [0.25, 0.3) is 0 Å². The fourth-order valence-corrected chi connectivity index (χ4v) is 2.74. The summed E-state index contributed by atoms with van der Waals surface area (Å²) >= 11 is 0. The zero-order valence-corrected chi connectivity index (χ0v) is 17.0. The summed E-state index contributed by atoms with van der Waals surface area (Å²) in [4.78, 5) is 4.76. The molecule has 0 atom stereocenters. The molecule has 0 aromatic carbocycles. The van der Waals surface area contributed by atoms with Crippen molar-refractivity contribution >= 4 is 29.9 Å². The summed E-state index contributed by atoms with van der Waals surface area (Å²) < 4.78 is 0. The van der Waals surface area contributed by atoms with E-state index in [1.165, 1.54) is 25.7 Å². The van der Waals surface area contributed by atoms with E-state index >= 15 is 0 Å². The first-order chi connectivity index (χ1) is 10.2. The molecule has 4 nitrogen and oxygen atoms in total. The quantitative estimate of drug-likeness (QED) is 0.205. The third-order valence-electron chi connectivity index (χ3n) is 4.84. The molecule has 22 heavy (non-hydrogen) atoms. The van der Waals surface area contributed by atoms with Crippen molar-refractivity contribution in [3.8, 4) is 0 Å². The molecule has 1 rings (SSSR count). The molecular formula is C17H36IN3O. The third kappa shape index (κ3) is 8.56. The number of aliphatic hydroxyl groups excluding tert-OH is 1. The van der Waals surface area contributed by atoms with Gasteiger partial charge in [-0.3, -0.25) is 4.99 Å². The summed E-state index contributed by atoms with van der Waals surface area (Å²) in [5.74, 6) is 1.93. The van der Waals surface area contributed by atoms with Crippen molar-refractivity contribution in [2.45, 2.75) is 65.7 Å². The van der Waals surface area contributed by atoms with Crippen molar-refractivity contribution in [1.82, 2.24) is 10.6 Å². The van der Waals surface area contributed by atoms with Gasteiger partial charge >= 0.3 is 0 Å². The average molecular weight is 425 g/mol. The highest BCUT2D eigenvalue weighted by atomic mass is 127. The highest BCUT2D eigenvalue weighted by molar-refractivity contribution is 14.0. The van der Waals surface area contributed by atoms with Crippen LogP contribution in [0, 0.1) is 11.3 Å². The van der Waals surface area contributed by atoms with Crippen molar-refractivity contribution in [3.63, 3.8) is 0 Å². The summed E-state index contributed by atoms with van der Waals surface area (Å²) in [7, 11) is 0. The molecule has 1 aliphatic carbocycles. The largest absolute Gasteiger partial charge is 0.396 e. The predicted octanol–water partition coefficient (Wildman–Crippen LogP) is 3.54. The van der Waals surface area contributed by atoms with Crippen LogP contribution in [0.3, 0.4) is 0 Å². The van der Waals surface area contributed by atoms with Crippen LogP contribution in [0.2, 0.25) is 0 Å². The second kappa shape index (κ2) is 12.4. The number of rotatable bonds is 11. The van der Waals surface area contributed by atoms with E-state index in [9.17, 15) is 5.11 Å². The first-order valence-electron chi connectivity index (χ1n) is 8.82. The summed E-state index contributed by atoms with van der Waals surface area (Å²) in [5, 5.41) is 16.1. The summed E-state index contributed by atoms with van der Waals surface area (Å²) in [6, 6.07) is 0. The van der Waals surface area contributed by atoms with Crippen LogP contribution in [0.15, 0.2) is 4.99 Å². The Bertz CT molecular complexity index is 302. The number of halogens is 1. The van der Waals surface area contributed by atoms with Crippen LogP contribution in [-0.4, -0.2) is 37.3 Å². The maximum absolute atomic E-state index is 9.28. The molecule has 0 bridgehead atoms. The maximum atomic E-state index is 9.28. The van der Waals surface area contributed by atoms with Crippen LogP contribution in [0.1, 0.15) is 65.7 Å². The van der Waals surface area contributed by atoms with Crippen LogP contribution < -0.4 is 10.6 Å². The van der Waals surface area contributed by atoms with Gasteiger partial charge in [0.2, 0.25) is 0 Å². The molecule has 0 aliphatic heterocycles. The van der Waals surface area contributed by atoms with Crippen molar-refractivity contribution in [2.24, 2.45) is 16.3 Å². The molecule has 0 amide bonds. The van der Waals surface area contributed by atoms with E-state index in [-0.39, 0.29) is 36.0 Å². The van der Waals surface area contributed by atoms with Gasteiger partial charge in [0.15, 0.2) is 5.96 Å². The Kier molecular flexibility index (Phi) is 12.4. The fraction of sp³-hybridized carbons (Fsp3) is 0.941. The number of guanidine groups is 1. The van der Waals surface area contributed by atoms with Gasteiger partial charge in [-0.05, 0) is 50.4 Å². The van der Waals surface area contributed by atoms with Gasteiger partial charge in [0.1, 0.15) is 0 Å². The van der Waals surface area contributed by atoms with Gasteiger partial charge in [-0.1, -0.05) is 26.7 Å². The second-order valence-corrected chi connectivity index (χ2v) is 6.39. The fourth-order valence-electron chi connectivity index (χ4n) is 2.74. The molecule has 0 heterocycles. The van der Waals surface area contributed by atoms with Crippen LogP contribution in [0.5, 0.6) is 0 Å². The topological polar surface area (TPSA) is 56.7 Å². The standard InChI is InChI=1S/C17H35N3O.HI/c1-4-17(5-2,11-13-21)14-20-16(18-6-3)19-12-7-8-15-9-10-15;/h15,21H,4-14H2,1-3H3,(H2,18,19,20);1H. The van der Waals surface area contributed by atoms with Crippen LogP contribution in [-0.2, 0) is 0 Å². The van der Waals surface area contributed by atoms with E-state index in [0.717, 1.165) is 50.8 Å². The Morgan fingerprint density at radius 2 is 1.86 bits per heavy atom. The monoisotopic (exact) mass is 425 g/mol. The Balaban J connectivity index is 0.00000441. The van der Waals surface area contributed by atoms with Crippen LogP contribution in [0.25, 0.3) is 0 Å². The maximum Gasteiger partial charge on any atom is 0.191 e. The minimum atomic E-state index is 0. The SMILES string of the molecule is CCNC(=NCC(CC)(CC)CCO)NCCCC1CC1.I. The lowest BCUT2D eigenvalue weighted by Gasteiger charge is -2.29. The highest BCUT2D eigenvalue weighted by Crippen LogP contribution is 2.33. The Morgan fingerprint density at radius 3 is 2.36 bits per heavy atom. The average Bonchev–Trinajstić information content (AvgIpc) is 3.32. The Hall–Kier alpha value is -0.0400. The lowest BCUT2D eigenvalue weighted by atomic mass is 9.79. The molecule has 0 saturated heterocycles. The molecular weight excluding hydrogens is 389 g/mol. The molecule has 0 aromatic rings. The Morgan fingerprint density at radius 1 is 1.18 bits per heavy atom. The zero-order valence-electron chi connectivity index (χ0n) is 14.7. The predicted molar refractivity (Wildman–Crippen MR) is 106 cm³/mol. The number of aliphatic hydroxyl groups is 1. The number of hydrogen-bond acceptors (Lipinski definition) is 2. The normalized spacial score (nSPS) is 15.4. The number of nitrogens with one attached hydrogen (secondary N) is 2. The van der Waals surface area contributed by atoms with Gasteiger partial charge in [-0.25, -0.2) is 0 Å². The summed E-state index contributed by atoms with van der Waals surface area (Å²) in [5.41, 5.74) is 0.144. The Labute approximate surface area is 154 Å². The van der Waals surface area contributed by atoms with Crippen molar-refractivity contribution in [1.29, 1.82) is 0 Å². The first kappa shape index (κ1) is 22.0. The molecule has 0 aromatic heterocycles.